The number of nitrogens with zero attached hydrogens (tertiary/aromatic N) is 4. The number of carbonyl (C=O) groups is 2. The molecule has 118 valence electrons. The van der Waals surface area contributed by atoms with Crippen molar-refractivity contribution in [1.29, 1.82) is 0 Å². The van der Waals surface area contributed by atoms with E-state index in [-0.39, 0.29) is 30.2 Å². The van der Waals surface area contributed by atoms with E-state index in [1.165, 1.54) is 0 Å². The SMILES string of the molecule is Cc1nccc(N2CCC(N3CC(C(N)=O)CC3=O)CC2)n1. The number of rotatable bonds is 3. The Kier molecular flexibility index (Phi) is 3.96. The Morgan fingerprint density at radius 1 is 1.36 bits per heavy atom. The average molecular weight is 303 g/mol. The van der Waals surface area contributed by atoms with E-state index in [1.54, 1.807) is 6.20 Å². The first-order valence-electron chi connectivity index (χ1n) is 7.68. The van der Waals surface area contributed by atoms with Crippen molar-refractivity contribution in [2.24, 2.45) is 11.7 Å². The van der Waals surface area contributed by atoms with Gasteiger partial charge in [-0.25, -0.2) is 9.97 Å². The van der Waals surface area contributed by atoms with Gasteiger partial charge in [-0.2, -0.15) is 0 Å². The van der Waals surface area contributed by atoms with Gasteiger partial charge in [-0.1, -0.05) is 0 Å². The van der Waals surface area contributed by atoms with E-state index < -0.39 is 0 Å². The second kappa shape index (κ2) is 5.90. The summed E-state index contributed by atoms with van der Waals surface area (Å²) in [5.74, 6) is 1.06. The maximum Gasteiger partial charge on any atom is 0.223 e. The number of aryl methyl sites for hydroxylation is 1. The van der Waals surface area contributed by atoms with Gasteiger partial charge in [-0.05, 0) is 25.8 Å². The van der Waals surface area contributed by atoms with E-state index in [9.17, 15) is 9.59 Å². The standard InChI is InChI=1S/C15H21N5O2/c1-10-17-5-2-13(18-10)19-6-3-12(4-7-19)20-9-11(15(16)22)8-14(20)21/h2,5,11-12H,3-4,6-9H2,1H3,(H2,16,22). The number of piperidine rings is 1. The lowest BCUT2D eigenvalue weighted by Gasteiger charge is -2.37. The Morgan fingerprint density at radius 3 is 2.68 bits per heavy atom. The molecule has 22 heavy (non-hydrogen) atoms. The Balaban J connectivity index is 1.60. The normalized spacial score (nSPS) is 23.1. The molecule has 2 N–H and O–H groups in total. The second-order valence-electron chi connectivity index (χ2n) is 6.03. The molecule has 0 bridgehead atoms. The molecule has 1 aromatic heterocycles. The summed E-state index contributed by atoms with van der Waals surface area (Å²) in [6.45, 7) is 4.06. The van der Waals surface area contributed by atoms with Crippen LogP contribution >= 0.6 is 0 Å². The van der Waals surface area contributed by atoms with Crippen molar-refractivity contribution < 1.29 is 9.59 Å². The molecule has 1 aromatic rings. The highest BCUT2D eigenvalue weighted by molar-refractivity contribution is 5.88. The van der Waals surface area contributed by atoms with Gasteiger partial charge < -0.3 is 15.5 Å². The molecular weight excluding hydrogens is 282 g/mol. The van der Waals surface area contributed by atoms with E-state index in [0.717, 1.165) is 37.6 Å². The molecule has 2 aliphatic rings. The van der Waals surface area contributed by atoms with Gasteiger partial charge in [-0.3, -0.25) is 9.59 Å². The number of anilines is 1. The van der Waals surface area contributed by atoms with E-state index >= 15 is 0 Å². The van der Waals surface area contributed by atoms with Gasteiger partial charge in [-0.15, -0.1) is 0 Å². The Bertz CT molecular complexity index is 583. The first-order valence-corrected chi connectivity index (χ1v) is 7.68. The number of aromatic nitrogens is 2. The van der Waals surface area contributed by atoms with Crippen molar-refractivity contribution in [3.05, 3.63) is 18.1 Å². The molecular formula is C15H21N5O2. The zero-order chi connectivity index (χ0) is 15.7. The lowest BCUT2D eigenvalue weighted by Crippen LogP contribution is -2.46. The first kappa shape index (κ1) is 14.7. The lowest BCUT2D eigenvalue weighted by molar-refractivity contribution is -0.130. The van der Waals surface area contributed by atoms with Crippen molar-refractivity contribution in [1.82, 2.24) is 14.9 Å². The fraction of sp³-hybridized carbons (Fsp3) is 0.600. The van der Waals surface area contributed by atoms with Crippen LogP contribution in [0.5, 0.6) is 0 Å². The molecule has 1 atom stereocenters. The molecule has 0 aliphatic carbocycles. The molecule has 0 radical (unpaired) electrons. The van der Waals surface area contributed by atoms with E-state index in [1.807, 2.05) is 17.9 Å². The van der Waals surface area contributed by atoms with Crippen LogP contribution in [-0.2, 0) is 9.59 Å². The lowest BCUT2D eigenvalue weighted by atomic mass is 10.0. The second-order valence-corrected chi connectivity index (χ2v) is 6.03. The third-order valence-electron chi connectivity index (χ3n) is 4.55. The van der Waals surface area contributed by atoms with Crippen LogP contribution in [0, 0.1) is 12.8 Å². The summed E-state index contributed by atoms with van der Waals surface area (Å²) in [5.41, 5.74) is 5.32. The van der Waals surface area contributed by atoms with Gasteiger partial charge in [0.05, 0.1) is 5.92 Å². The maximum absolute atomic E-state index is 12.1. The van der Waals surface area contributed by atoms with Gasteiger partial charge in [0.15, 0.2) is 0 Å². The highest BCUT2D eigenvalue weighted by atomic mass is 16.2. The molecule has 2 amide bonds. The van der Waals surface area contributed by atoms with Crippen molar-refractivity contribution in [2.45, 2.75) is 32.2 Å². The molecule has 7 nitrogen and oxygen atoms in total. The molecule has 0 aromatic carbocycles. The zero-order valence-corrected chi connectivity index (χ0v) is 12.7. The molecule has 3 heterocycles. The summed E-state index contributed by atoms with van der Waals surface area (Å²) in [5, 5.41) is 0. The third kappa shape index (κ3) is 2.88. The molecule has 3 rings (SSSR count). The van der Waals surface area contributed by atoms with E-state index in [4.69, 9.17) is 5.73 Å². The van der Waals surface area contributed by atoms with Crippen molar-refractivity contribution in [3.63, 3.8) is 0 Å². The topological polar surface area (TPSA) is 92.4 Å². The number of amides is 2. The van der Waals surface area contributed by atoms with Gasteiger partial charge >= 0.3 is 0 Å². The maximum atomic E-state index is 12.1. The molecule has 7 heteroatoms. The smallest absolute Gasteiger partial charge is 0.223 e. The van der Waals surface area contributed by atoms with Gasteiger partial charge in [0.25, 0.3) is 0 Å². The quantitative estimate of drug-likeness (QED) is 0.854. The molecule has 0 saturated carbocycles. The highest BCUT2D eigenvalue weighted by Gasteiger charge is 2.38. The third-order valence-corrected chi connectivity index (χ3v) is 4.55. The average Bonchev–Trinajstić information content (AvgIpc) is 2.90. The van der Waals surface area contributed by atoms with Crippen molar-refractivity contribution >= 4 is 17.6 Å². The Morgan fingerprint density at radius 2 is 2.09 bits per heavy atom. The Hall–Kier alpha value is -2.18. The summed E-state index contributed by atoms with van der Waals surface area (Å²) in [6.07, 6.45) is 3.81. The largest absolute Gasteiger partial charge is 0.369 e. The summed E-state index contributed by atoms with van der Waals surface area (Å²) in [6, 6.07) is 2.12. The molecule has 2 saturated heterocycles. The minimum atomic E-state index is -0.371. The number of carbonyl (C=O) groups excluding carboxylic acids is 2. The van der Waals surface area contributed by atoms with E-state index in [2.05, 4.69) is 14.9 Å². The molecule has 2 aliphatic heterocycles. The number of primary amides is 1. The fourth-order valence-corrected chi connectivity index (χ4v) is 3.30. The van der Waals surface area contributed by atoms with Crippen LogP contribution in [-0.4, -0.2) is 52.4 Å². The summed E-state index contributed by atoms with van der Waals surface area (Å²) in [7, 11) is 0. The van der Waals surface area contributed by atoms with Crippen LogP contribution in [0.2, 0.25) is 0 Å². The molecule has 1 unspecified atom stereocenters. The minimum Gasteiger partial charge on any atom is -0.369 e. The minimum absolute atomic E-state index is 0.0557. The fourth-order valence-electron chi connectivity index (χ4n) is 3.30. The van der Waals surface area contributed by atoms with Crippen LogP contribution in [0.1, 0.15) is 25.1 Å². The van der Waals surface area contributed by atoms with Crippen LogP contribution in [0.15, 0.2) is 12.3 Å². The zero-order valence-electron chi connectivity index (χ0n) is 12.7. The van der Waals surface area contributed by atoms with Crippen LogP contribution in [0.3, 0.4) is 0 Å². The molecule has 2 fully saturated rings. The highest BCUT2D eigenvalue weighted by Crippen LogP contribution is 2.26. The Labute approximate surface area is 129 Å². The van der Waals surface area contributed by atoms with Gasteiger partial charge in [0.1, 0.15) is 11.6 Å². The number of likely N-dealkylation sites (tertiary alicyclic amines) is 1. The van der Waals surface area contributed by atoms with Crippen LogP contribution in [0.25, 0.3) is 0 Å². The van der Waals surface area contributed by atoms with Gasteiger partial charge in [0, 0.05) is 38.3 Å². The number of nitrogens with two attached hydrogens (primary N) is 1. The summed E-state index contributed by atoms with van der Waals surface area (Å²) in [4.78, 5) is 36.0. The predicted octanol–water partition coefficient (Wildman–Crippen LogP) is 0.0876. The first-order chi connectivity index (χ1) is 10.5. The van der Waals surface area contributed by atoms with Crippen LogP contribution in [0.4, 0.5) is 5.82 Å². The van der Waals surface area contributed by atoms with E-state index in [0.29, 0.717) is 6.54 Å². The number of hydrogen-bond acceptors (Lipinski definition) is 5. The predicted molar refractivity (Wildman–Crippen MR) is 81.0 cm³/mol. The summed E-state index contributed by atoms with van der Waals surface area (Å²) < 4.78 is 0. The summed E-state index contributed by atoms with van der Waals surface area (Å²) >= 11 is 0. The number of hydrogen-bond donors (Lipinski definition) is 1. The monoisotopic (exact) mass is 303 g/mol. The molecule has 0 spiro atoms. The van der Waals surface area contributed by atoms with Crippen molar-refractivity contribution in [2.75, 3.05) is 24.5 Å². The van der Waals surface area contributed by atoms with Crippen molar-refractivity contribution in [3.8, 4) is 0 Å². The van der Waals surface area contributed by atoms with Crippen LogP contribution < -0.4 is 10.6 Å². The van der Waals surface area contributed by atoms with Gasteiger partial charge in [0.2, 0.25) is 11.8 Å².